The van der Waals surface area contributed by atoms with E-state index in [0.29, 0.717) is 12.1 Å². The summed E-state index contributed by atoms with van der Waals surface area (Å²) < 4.78 is 0.755. The van der Waals surface area contributed by atoms with Crippen LogP contribution in [0.2, 0.25) is 0 Å². The maximum Gasteiger partial charge on any atom is 0.268 e. The molecule has 1 aromatic rings. The molecular weight excluding hydrogens is 290 g/mol. The van der Waals surface area contributed by atoms with Crippen molar-refractivity contribution in [1.82, 2.24) is 15.6 Å². The van der Waals surface area contributed by atoms with Gasteiger partial charge in [-0.15, -0.1) is 0 Å². The maximum atomic E-state index is 11.7. The lowest BCUT2D eigenvalue weighted by Crippen LogP contribution is -2.52. The van der Waals surface area contributed by atoms with Crippen molar-refractivity contribution in [3.05, 3.63) is 22.4 Å². The van der Waals surface area contributed by atoms with E-state index in [4.69, 9.17) is 0 Å². The average Bonchev–Trinajstić information content (AvgIpc) is 2.69. The van der Waals surface area contributed by atoms with Gasteiger partial charge in [-0.1, -0.05) is 0 Å². The Morgan fingerprint density at radius 1 is 1.47 bits per heavy atom. The second-order valence-electron chi connectivity index (χ2n) is 3.71. The van der Waals surface area contributed by atoms with E-state index < -0.39 is 11.9 Å². The molecule has 1 aliphatic heterocycles. The lowest BCUT2D eigenvalue weighted by molar-refractivity contribution is -0.134. The van der Waals surface area contributed by atoms with E-state index in [1.165, 1.54) is 0 Å². The number of nitrogens with one attached hydrogen (secondary N) is 3. The van der Waals surface area contributed by atoms with Crippen LogP contribution in [0.5, 0.6) is 0 Å². The van der Waals surface area contributed by atoms with Crippen molar-refractivity contribution in [3.8, 4) is 0 Å². The molecule has 0 aliphatic carbocycles. The van der Waals surface area contributed by atoms with Crippen LogP contribution in [0.15, 0.2) is 16.7 Å². The van der Waals surface area contributed by atoms with E-state index in [2.05, 4.69) is 31.5 Å². The van der Waals surface area contributed by atoms with E-state index in [0.717, 1.165) is 4.47 Å². The Kier molecular flexibility index (Phi) is 3.28. The van der Waals surface area contributed by atoms with Crippen LogP contribution in [0.1, 0.15) is 23.3 Å². The molecule has 1 atom stereocenters. The third-order valence-electron chi connectivity index (χ3n) is 2.44. The first-order valence-corrected chi connectivity index (χ1v) is 5.84. The summed E-state index contributed by atoms with van der Waals surface area (Å²) >= 11 is 3.21. The largest absolute Gasteiger partial charge is 0.356 e. The molecule has 0 aromatic carbocycles. The summed E-state index contributed by atoms with van der Waals surface area (Å²) in [5.74, 6) is -1.13. The number of aromatic nitrogens is 1. The molecule has 3 amide bonds. The van der Waals surface area contributed by atoms with Crippen LogP contribution in [0, 0.1) is 0 Å². The summed E-state index contributed by atoms with van der Waals surface area (Å²) in [4.78, 5) is 36.8. The van der Waals surface area contributed by atoms with Gasteiger partial charge in [-0.2, -0.15) is 0 Å². The number of halogens is 1. The lowest BCUT2D eigenvalue weighted by Gasteiger charge is -2.21. The van der Waals surface area contributed by atoms with Crippen LogP contribution in [0.4, 0.5) is 0 Å². The molecule has 17 heavy (non-hydrogen) atoms. The number of amides is 3. The van der Waals surface area contributed by atoms with Crippen molar-refractivity contribution in [2.24, 2.45) is 0 Å². The van der Waals surface area contributed by atoms with Crippen LogP contribution < -0.4 is 10.6 Å². The summed E-state index contributed by atoms with van der Waals surface area (Å²) in [7, 11) is 0. The SMILES string of the molecule is O=C1CCC(NC(=O)c2cc(Br)c[nH]2)C(=O)N1. The Labute approximate surface area is 105 Å². The highest BCUT2D eigenvalue weighted by molar-refractivity contribution is 9.10. The molecule has 2 heterocycles. The number of aromatic amines is 1. The third-order valence-corrected chi connectivity index (χ3v) is 2.89. The Morgan fingerprint density at radius 3 is 2.82 bits per heavy atom. The van der Waals surface area contributed by atoms with Gasteiger partial charge >= 0.3 is 0 Å². The molecule has 0 bridgehead atoms. The van der Waals surface area contributed by atoms with Crippen molar-refractivity contribution >= 4 is 33.7 Å². The van der Waals surface area contributed by atoms with Gasteiger partial charge in [0.1, 0.15) is 11.7 Å². The maximum absolute atomic E-state index is 11.7. The van der Waals surface area contributed by atoms with Crippen molar-refractivity contribution in [2.45, 2.75) is 18.9 Å². The second-order valence-corrected chi connectivity index (χ2v) is 4.62. The zero-order valence-corrected chi connectivity index (χ0v) is 10.3. The number of H-pyrrole nitrogens is 1. The minimum atomic E-state index is -0.651. The van der Waals surface area contributed by atoms with Crippen molar-refractivity contribution in [3.63, 3.8) is 0 Å². The molecule has 1 aromatic heterocycles. The molecule has 3 N–H and O–H groups in total. The molecule has 0 saturated carbocycles. The summed E-state index contributed by atoms with van der Waals surface area (Å²) in [5.41, 5.74) is 0.363. The highest BCUT2D eigenvalue weighted by Gasteiger charge is 2.28. The van der Waals surface area contributed by atoms with Gasteiger partial charge in [0, 0.05) is 17.1 Å². The fraction of sp³-hybridized carbons (Fsp3) is 0.300. The molecular formula is C10H10BrN3O3. The minimum absolute atomic E-state index is 0.241. The lowest BCUT2D eigenvalue weighted by atomic mass is 10.1. The number of hydrogen-bond donors (Lipinski definition) is 3. The van der Waals surface area contributed by atoms with Crippen molar-refractivity contribution in [1.29, 1.82) is 0 Å². The van der Waals surface area contributed by atoms with E-state index in [9.17, 15) is 14.4 Å². The van der Waals surface area contributed by atoms with Crippen LogP contribution in [0.3, 0.4) is 0 Å². The quantitative estimate of drug-likeness (QED) is 0.687. The number of hydrogen-bond acceptors (Lipinski definition) is 3. The van der Waals surface area contributed by atoms with Gasteiger partial charge in [0.15, 0.2) is 0 Å². The highest BCUT2D eigenvalue weighted by atomic mass is 79.9. The van der Waals surface area contributed by atoms with Crippen LogP contribution in [-0.4, -0.2) is 28.7 Å². The molecule has 0 radical (unpaired) electrons. The zero-order valence-electron chi connectivity index (χ0n) is 8.75. The molecule has 0 spiro atoms. The fourth-order valence-corrected chi connectivity index (χ4v) is 1.91. The van der Waals surface area contributed by atoms with Crippen LogP contribution in [0.25, 0.3) is 0 Å². The Balaban J connectivity index is 1.99. The average molecular weight is 300 g/mol. The van der Waals surface area contributed by atoms with E-state index in [-0.39, 0.29) is 18.2 Å². The molecule has 6 nitrogen and oxygen atoms in total. The monoisotopic (exact) mass is 299 g/mol. The van der Waals surface area contributed by atoms with Gasteiger partial charge in [-0.25, -0.2) is 0 Å². The fourth-order valence-electron chi connectivity index (χ4n) is 1.57. The molecule has 1 saturated heterocycles. The van der Waals surface area contributed by atoms with E-state index in [1.54, 1.807) is 12.3 Å². The van der Waals surface area contributed by atoms with Crippen molar-refractivity contribution in [2.75, 3.05) is 0 Å². The molecule has 2 rings (SSSR count). The first kappa shape index (κ1) is 11.8. The summed E-state index contributed by atoms with van der Waals surface area (Å²) in [6, 6.07) is 0.962. The van der Waals surface area contributed by atoms with Gasteiger partial charge in [0.25, 0.3) is 5.91 Å². The number of piperidine rings is 1. The zero-order chi connectivity index (χ0) is 12.4. The summed E-state index contributed by atoms with van der Waals surface area (Å²) in [6.45, 7) is 0. The molecule has 1 unspecified atom stereocenters. The van der Waals surface area contributed by atoms with Gasteiger partial charge in [-0.3, -0.25) is 19.7 Å². The predicted molar refractivity (Wildman–Crippen MR) is 62.1 cm³/mol. The molecule has 1 aliphatic rings. The summed E-state index contributed by atoms with van der Waals surface area (Å²) in [6.07, 6.45) is 2.20. The van der Waals surface area contributed by atoms with Gasteiger partial charge < -0.3 is 10.3 Å². The van der Waals surface area contributed by atoms with Crippen molar-refractivity contribution < 1.29 is 14.4 Å². The van der Waals surface area contributed by atoms with Gasteiger partial charge in [-0.05, 0) is 28.4 Å². The normalized spacial score (nSPS) is 19.9. The number of carbonyl (C=O) groups excluding carboxylic acids is 3. The Hall–Kier alpha value is -1.63. The first-order valence-electron chi connectivity index (χ1n) is 5.05. The van der Waals surface area contributed by atoms with E-state index >= 15 is 0 Å². The third kappa shape index (κ3) is 2.73. The number of imide groups is 1. The standard InChI is InChI=1S/C10H10BrN3O3/c11-5-3-7(12-4-5)10(17)13-6-1-2-8(15)14-9(6)16/h3-4,6,12H,1-2H2,(H,13,17)(H,14,15,16). The van der Waals surface area contributed by atoms with Gasteiger partial charge in [0.2, 0.25) is 11.8 Å². The topological polar surface area (TPSA) is 91.1 Å². The minimum Gasteiger partial charge on any atom is -0.356 e. The van der Waals surface area contributed by atoms with Gasteiger partial charge in [0.05, 0.1) is 0 Å². The molecule has 7 heteroatoms. The second kappa shape index (κ2) is 4.70. The molecule has 1 fully saturated rings. The number of rotatable bonds is 2. The smallest absolute Gasteiger partial charge is 0.268 e. The van der Waals surface area contributed by atoms with E-state index in [1.807, 2.05) is 0 Å². The predicted octanol–water partition coefficient (Wildman–Crippen LogP) is 0.312. The number of carbonyl (C=O) groups is 3. The molecule has 90 valence electrons. The van der Waals surface area contributed by atoms with Crippen LogP contribution in [-0.2, 0) is 9.59 Å². The Bertz CT molecular complexity index is 483. The highest BCUT2D eigenvalue weighted by Crippen LogP contribution is 2.11. The summed E-state index contributed by atoms with van der Waals surface area (Å²) in [5, 5.41) is 4.74. The van der Waals surface area contributed by atoms with Crippen LogP contribution >= 0.6 is 15.9 Å². The Morgan fingerprint density at radius 2 is 2.24 bits per heavy atom. The first-order chi connectivity index (χ1) is 8.06.